The van der Waals surface area contributed by atoms with E-state index in [-0.39, 0.29) is 5.75 Å². The quantitative estimate of drug-likeness (QED) is 0.464. The second-order valence-electron chi connectivity index (χ2n) is 5.77. The van der Waals surface area contributed by atoms with Gasteiger partial charge in [-0.2, -0.15) is 13.2 Å². The van der Waals surface area contributed by atoms with E-state index in [1.165, 1.54) is 0 Å². The summed E-state index contributed by atoms with van der Waals surface area (Å²) in [7, 11) is 0. The van der Waals surface area contributed by atoms with Crippen LogP contribution in [0.2, 0.25) is 0 Å². The lowest BCUT2D eigenvalue weighted by atomic mass is 10.2. The maximum atomic E-state index is 12.3. The first-order chi connectivity index (χ1) is 12.0. The topological polar surface area (TPSA) is 14.2 Å². The minimum atomic E-state index is -4.34. The minimum absolute atomic E-state index is 0.196. The smallest absolute Gasteiger partial charge is 0.422 e. The van der Waals surface area contributed by atoms with Crippen molar-refractivity contribution in [1.82, 2.24) is 4.57 Å². The van der Waals surface area contributed by atoms with E-state index in [0.717, 1.165) is 27.5 Å². The first-order valence-corrected chi connectivity index (χ1v) is 7.81. The van der Waals surface area contributed by atoms with E-state index >= 15 is 0 Å². The van der Waals surface area contributed by atoms with E-state index < -0.39 is 12.8 Å². The molecule has 0 fully saturated rings. The molecule has 0 spiro atoms. The van der Waals surface area contributed by atoms with Crippen molar-refractivity contribution in [3.63, 3.8) is 0 Å². The SMILES string of the molecule is FC(F)(F)COc1ccc(-n2c3ccccc3c3ccccc32)cc1. The first-order valence-electron chi connectivity index (χ1n) is 7.81. The number of alkyl halides is 3. The molecule has 1 aromatic heterocycles. The summed E-state index contributed by atoms with van der Waals surface area (Å²) in [4.78, 5) is 0. The lowest BCUT2D eigenvalue weighted by Crippen LogP contribution is -2.19. The van der Waals surface area contributed by atoms with Crippen molar-refractivity contribution in [3.05, 3.63) is 72.8 Å². The molecule has 25 heavy (non-hydrogen) atoms. The van der Waals surface area contributed by atoms with Crippen LogP contribution in [0, 0.1) is 0 Å². The fraction of sp³-hybridized carbons (Fsp3) is 0.100. The van der Waals surface area contributed by atoms with E-state index in [9.17, 15) is 13.2 Å². The molecule has 0 aliphatic carbocycles. The number of fused-ring (bicyclic) bond motifs is 3. The second kappa shape index (κ2) is 5.84. The third kappa shape index (κ3) is 2.93. The summed E-state index contributed by atoms with van der Waals surface area (Å²) in [6, 6.07) is 22.8. The van der Waals surface area contributed by atoms with Gasteiger partial charge < -0.3 is 9.30 Å². The number of hydrogen-bond acceptors (Lipinski definition) is 1. The number of rotatable bonds is 3. The Kier molecular flexibility index (Phi) is 3.64. The molecule has 0 N–H and O–H groups in total. The van der Waals surface area contributed by atoms with Crippen molar-refractivity contribution in [3.8, 4) is 11.4 Å². The van der Waals surface area contributed by atoms with Gasteiger partial charge in [-0.1, -0.05) is 36.4 Å². The molecule has 0 aliphatic rings. The Morgan fingerprint density at radius 3 is 1.76 bits per heavy atom. The Labute approximate surface area is 142 Å². The zero-order valence-corrected chi connectivity index (χ0v) is 13.1. The maximum Gasteiger partial charge on any atom is 0.422 e. The van der Waals surface area contributed by atoms with Crippen molar-refractivity contribution < 1.29 is 17.9 Å². The van der Waals surface area contributed by atoms with Crippen LogP contribution in [0.15, 0.2) is 72.8 Å². The fourth-order valence-electron chi connectivity index (χ4n) is 3.06. The van der Waals surface area contributed by atoms with Crippen LogP contribution in [-0.2, 0) is 0 Å². The van der Waals surface area contributed by atoms with Gasteiger partial charge in [-0.3, -0.25) is 0 Å². The number of halogens is 3. The third-order valence-electron chi connectivity index (χ3n) is 4.08. The molecule has 1 heterocycles. The summed E-state index contributed by atoms with van der Waals surface area (Å²) in [6.45, 7) is -1.29. The number of para-hydroxylation sites is 2. The van der Waals surface area contributed by atoms with Crippen molar-refractivity contribution >= 4 is 21.8 Å². The van der Waals surface area contributed by atoms with E-state index in [1.807, 2.05) is 36.4 Å². The van der Waals surface area contributed by atoms with Crippen LogP contribution in [0.4, 0.5) is 13.2 Å². The Bertz CT molecular complexity index is 979. The van der Waals surface area contributed by atoms with Gasteiger partial charge in [0, 0.05) is 16.5 Å². The van der Waals surface area contributed by atoms with Crippen LogP contribution >= 0.6 is 0 Å². The summed E-state index contributed by atoms with van der Waals surface area (Å²) < 4.78 is 43.7. The molecule has 0 aliphatic heterocycles. The van der Waals surface area contributed by atoms with Crippen LogP contribution in [0.1, 0.15) is 0 Å². The molecule has 2 nitrogen and oxygen atoms in total. The maximum absolute atomic E-state index is 12.3. The minimum Gasteiger partial charge on any atom is -0.484 e. The number of nitrogens with zero attached hydrogens (tertiary/aromatic N) is 1. The largest absolute Gasteiger partial charge is 0.484 e. The number of hydrogen-bond donors (Lipinski definition) is 0. The normalized spacial score (nSPS) is 12.0. The molecule has 5 heteroatoms. The van der Waals surface area contributed by atoms with Crippen LogP contribution in [0.25, 0.3) is 27.5 Å². The van der Waals surface area contributed by atoms with Gasteiger partial charge in [0.25, 0.3) is 0 Å². The van der Waals surface area contributed by atoms with Crippen LogP contribution in [-0.4, -0.2) is 17.4 Å². The highest BCUT2D eigenvalue weighted by Gasteiger charge is 2.28. The Balaban J connectivity index is 1.79. The highest BCUT2D eigenvalue weighted by molar-refractivity contribution is 6.09. The first kappa shape index (κ1) is 15.6. The zero-order chi connectivity index (χ0) is 17.4. The van der Waals surface area contributed by atoms with Gasteiger partial charge in [0.1, 0.15) is 5.75 Å². The fourth-order valence-corrected chi connectivity index (χ4v) is 3.06. The van der Waals surface area contributed by atoms with Gasteiger partial charge in [-0.25, -0.2) is 0 Å². The standard InChI is InChI=1S/C20H14F3NO/c21-20(22,23)13-25-15-11-9-14(10-12-15)24-18-7-3-1-5-16(18)17-6-2-4-8-19(17)24/h1-12H,13H2. The van der Waals surface area contributed by atoms with E-state index in [2.05, 4.69) is 16.7 Å². The number of benzene rings is 3. The van der Waals surface area contributed by atoms with Crippen molar-refractivity contribution in [1.29, 1.82) is 0 Å². The van der Waals surface area contributed by atoms with Crippen molar-refractivity contribution in [2.75, 3.05) is 6.61 Å². The summed E-state index contributed by atoms with van der Waals surface area (Å²) >= 11 is 0. The average Bonchev–Trinajstić information content (AvgIpc) is 2.94. The molecule has 4 aromatic rings. The molecule has 4 rings (SSSR count). The van der Waals surface area contributed by atoms with Gasteiger partial charge in [0.05, 0.1) is 11.0 Å². The van der Waals surface area contributed by atoms with Crippen LogP contribution in [0.3, 0.4) is 0 Å². The highest BCUT2D eigenvalue weighted by atomic mass is 19.4. The molecule has 0 radical (unpaired) electrons. The summed E-state index contributed by atoms with van der Waals surface area (Å²) in [6.07, 6.45) is -4.34. The second-order valence-corrected chi connectivity index (χ2v) is 5.77. The zero-order valence-electron chi connectivity index (χ0n) is 13.1. The van der Waals surface area contributed by atoms with Gasteiger partial charge in [0.2, 0.25) is 0 Å². The van der Waals surface area contributed by atoms with Crippen LogP contribution < -0.4 is 4.74 Å². The lowest BCUT2D eigenvalue weighted by molar-refractivity contribution is -0.153. The highest BCUT2D eigenvalue weighted by Crippen LogP contribution is 2.32. The Hall–Kier alpha value is -2.95. The van der Waals surface area contributed by atoms with Gasteiger partial charge in [-0.15, -0.1) is 0 Å². The summed E-state index contributed by atoms with van der Waals surface area (Å²) in [5, 5.41) is 2.27. The molecule has 0 bridgehead atoms. The molecule has 0 saturated carbocycles. The predicted molar refractivity (Wildman–Crippen MR) is 92.3 cm³/mol. The molecule has 0 unspecified atom stereocenters. The van der Waals surface area contributed by atoms with Crippen molar-refractivity contribution in [2.45, 2.75) is 6.18 Å². The van der Waals surface area contributed by atoms with Crippen molar-refractivity contribution in [2.24, 2.45) is 0 Å². The number of ether oxygens (including phenoxy) is 1. The Morgan fingerprint density at radius 2 is 1.24 bits per heavy atom. The number of aromatic nitrogens is 1. The summed E-state index contributed by atoms with van der Waals surface area (Å²) in [5.74, 6) is 0.196. The van der Waals surface area contributed by atoms with Gasteiger partial charge in [-0.05, 0) is 36.4 Å². The lowest BCUT2D eigenvalue weighted by Gasteiger charge is -2.11. The molecule has 0 amide bonds. The van der Waals surface area contributed by atoms with E-state index in [4.69, 9.17) is 4.74 Å². The molecule has 3 aromatic carbocycles. The summed E-state index contributed by atoms with van der Waals surface area (Å²) in [5.41, 5.74) is 2.97. The monoisotopic (exact) mass is 341 g/mol. The van der Waals surface area contributed by atoms with E-state index in [1.54, 1.807) is 24.3 Å². The van der Waals surface area contributed by atoms with Gasteiger partial charge in [0.15, 0.2) is 6.61 Å². The van der Waals surface area contributed by atoms with Gasteiger partial charge >= 0.3 is 6.18 Å². The molecule has 0 saturated heterocycles. The molecular weight excluding hydrogens is 327 g/mol. The van der Waals surface area contributed by atoms with E-state index in [0.29, 0.717) is 0 Å². The average molecular weight is 341 g/mol. The molecule has 0 atom stereocenters. The van der Waals surface area contributed by atoms with Crippen LogP contribution in [0.5, 0.6) is 5.75 Å². The molecular formula is C20H14F3NO. The predicted octanol–water partition coefficient (Wildman–Crippen LogP) is 5.72. The third-order valence-corrected chi connectivity index (χ3v) is 4.08. The molecule has 126 valence electrons. The Morgan fingerprint density at radius 1 is 0.720 bits per heavy atom.